The van der Waals surface area contributed by atoms with Crippen molar-refractivity contribution in [1.82, 2.24) is 0 Å². The molecule has 1 atom stereocenters. The molecule has 0 saturated carbocycles. The highest BCUT2D eigenvalue weighted by atomic mass is 28.3. The first-order chi connectivity index (χ1) is 5.95. The minimum atomic E-state index is -1.22. The zero-order valence-electron chi connectivity index (χ0n) is 8.80. The topological polar surface area (TPSA) is 40.5 Å². The molecular weight excluding hydrogens is 180 g/mol. The van der Waals surface area contributed by atoms with Crippen LogP contribution >= 0.6 is 0 Å². The second-order valence-corrected chi connectivity index (χ2v) is 9.03. The Hall–Kier alpha value is -0.303. The predicted molar refractivity (Wildman–Crippen MR) is 58.1 cm³/mol. The number of unbranched alkanes of at least 4 members (excludes halogenated alkanes) is 1. The Labute approximate surface area is 82.0 Å². The lowest BCUT2D eigenvalue weighted by Gasteiger charge is -2.05. The zero-order valence-corrected chi connectivity index (χ0v) is 9.80. The summed E-state index contributed by atoms with van der Waals surface area (Å²) >= 11 is 0. The molecule has 0 spiro atoms. The van der Waals surface area contributed by atoms with Gasteiger partial charge in [-0.15, -0.1) is 11.5 Å². The molecule has 0 aromatic heterocycles. The van der Waals surface area contributed by atoms with Crippen molar-refractivity contribution in [3.05, 3.63) is 0 Å². The Balaban J connectivity index is 3.49. The van der Waals surface area contributed by atoms with Crippen molar-refractivity contribution >= 4 is 8.07 Å². The highest BCUT2D eigenvalue weighted by Gasteiger charge is 2.07. The van der Waals surface area contributed by atoms with Crippen molar-refractivity contribution in [2.75, 3.05) is 6.61 Å². The fourth-order valence-corrected chi connectivity index (χ4v) is 1.50. The molecule has 1 unspecified atom stereocenters. The van der Waals surface area contributed by atoms with Crippen LogP contribution in [0.15, 0.2) is 0 Å². The van der Waals surface area contributed by atoms with Gasteiger partial charge in [0.15, 0.2) is 0 Å². The quantitative estimate of drug-likeness (QED) is 0.409. The van der Waals surface area contributed by atoms with Crippen molar-refractivity contribution in [3.8, 4) is 11.5 Å². The third kappa shape index (κ3) is 9.61. The van der Waals surface area contributed by atoms with Crippen LogP contribution in [0.1, 0.15) is 19.3 Å². The number of aliphatic hydroxyl groups is 2. The Morgan fingerprint density at radius 2 is 1.92 bits per heavy atom. The molecule has 0 aromatic carbocycles. The van der Waals surface area contributed by atoms with E-state index in [1.165, 1.54) is 0 Å². The van der Waals surface area contributed by atoms with E-state index >= 15 is 0 Å². The van der Waals surface area contributed by atoms with Gasteiger partial charge >= 0.3 is 0 Å². The van der Waals surface area contributed by atoms with E-state index in [2.05, 4.69) is 31.1 Å². The maximum atomic E-state index is 9.03. The molecular formula is C10H20O2Si. The van der Waals surface area contributed by atoms with Gasteiger partial charge in [-0.2, -0.15) is 0 Å². The summed E-state index contributed by atoms with van der Waals surface area (Å²) in [4.78, 5) is 0. The van der Waals surface area contributed by atoms with E-state index < -0.39 is 14.2 Å². The molecule has 0 bridgehead atoms. The summed E-state index contributed by atoms with van der Waals surface area (Å²) in [5.74, 6) is 3.12. The lowest BCUT2D eigenvalue weighted by molar-refractivity contribution is 0.0870. The van der Waals surface area contributed by atoms with Crippen LogP contribution < -0.4 is 0 Å². The monoisotopic (exact) mass is 200 g/mol. The van der Waals surface area contributed by atoms with Gasteiger partial charge in [-0.1, -0.05) is 19.6 Å². The molecule has 0 rings (SSSR count). The Kier molecular flexibility index (Phi) is 6.05. The predicted octanol–water partition coefficient (Wildman–Crippen LogP) is 1.39. The first-order valence-electron chi connectivity index (χ1n) is 4.74. The maximum absolute atomic E-state index is 9.03. The van der Waals surface area contributed by atoms with Gasteiger partial charge in [0.1, 0.15) is 8.07 Å². The highest BCUT2D eigenvalue weighted by molar-refractivity contribution is 6.83. The van der Waals surface area contributed by atoms with Crippen LogP contribution in [0.3, 0.4) is 0 Å². The van der Waals surface area contributed by atoms with E-state index in [9.17, 15) is 0 Å². The molecule has 0 radical (unpaired) electrons. The molecule has 0 heterocycles. The molecule has 0 aliphatic carbocycles. The van der Waals surface area contributed by atoms with Gasteiger partial charge in [-0.05, 0) is 12.8 Å². The molecule has 0 fully saturated rings. The summed E-state index contributed by atoms with van der Waals surface area (Å²) in [5, 5.41) is 17.6. The van der Waals surface area contributed by atoms with E-state index in [-0.39, 0.29) is 6.61 Å². The summed E-state index contributed by atoms with van der Waals surface area (Å²) in [6.45, 7) is 6.50. The minimum Gasteiger partial charge on any atom is -0.394 e. The van der Waals surface area contributed by atoms with Crippen molar-refractivity contribution < 1.29 is 10.2 Å². The van der Waals surface area contributed by atoms with Crippen molar-refractivity contribution in [3.63, 3.8) is 0 Å². The summed E-state index contributed by atoms with van der Waals surface area (Å²) < 4.78 is 0. The van der Waals surface area contributed by atoms with Crippen LogP contribution in [0, 0.1) is 11.5 Å². The molecule has 2 nitrogen and oxygen atoms in total. The Bertz CT molecular complexity index is 185. The third-order valence-electron chi connectivity index (χ3n) is 1.51. The van der Waals surface area contributed by atoms with Crippen molar-refractivity contribution in [2.45, 2.75) is 45.0 Å². The number of rotatable bonds is 4. The van der Waals surface area contributed by atoms with Gasteiger partial charge in [-0.3, -0.25) is 0 Å². The van der Waals surface area contributed by atoms with Crippen LogP contribution in [-0.4, -0.2) is 31.0 Å². The first-order valence-corrected chi connectivity index (χ1v) is 8.24. The lowest BCUT2D eigenvalue weighted by Crippen LogP contribution is -2.16. The summed E-state index contributed by atoms with van der Waals surface area (Å²) in [6.07, 6.45) is 1.80. The minimum absolute atomic E-state index is 0.137. The van der Waals surface area contributed by atoms with E-state index in [1.807, 2.05) is 0 Å². The fourth-order valence-electron chi connectivity index (χ4n) is 0.845. The summed E-state index contributed by atoms with van der Waals surface area (Å²) in [5.41, 5.74) is 3.26. The third-order valence-corrected chi connectivity index (χ3v) is 2.44. The average molecular weight is 200 g/mol. The van der Waals surface area contributed by atoms with E-state index in [0.717, 1.165) is 12.8 Å². The molecule has 2 N–H and O–H groups in total. The molecule has 0 aromatic rings. The fraction of sp³-hybridized carbons (Fsp3) is 0.800. The standard InChI is InChI=1S/C10H20O2Si/c1-13(2,3)8-6-4-5-7-10(12)9-11/h10-12H,4-5,7,9H2,1-3H3. The highest BCUT2D eigenvalue weighted by Crippen LogP contribution is 2.01. The van der Waals surface area contributed by atoms with E-state index in [0.29, 0.717) is 6.42 Å². The van der Waals surface area contributed by atoms with Crippen molar-refractivity contribution in [2.24, 2.45) is 0 Å². The van der Waals surface area contributed by atoms with Gasteiger partial charge in [0.05, 0.1) is 12.7 Å². The second kappa shape index (κ2) is 6.20. The average Bonchev–Trinajstić information content (AvgIpc) is 2.01. The van der Waals surface area contributed by atoms with Gasteiger partial charge < -0.3 is 10.2 Å². The second-order valence-electron chi connectivity index (χ2n) is 4.28. The first kappa shape index (κ1) is 12.7. The SMILES string of the molecule is C[Si](C)(C)C#CCCCC(O)CO. The molecule has 0 saturated heterocycles. The largest absolute Gasteiger partial charge is 0.394 e. The number of aliphatic hydroxyl groups excluding tert-OH is 2. The summed E-state index contributed by atoms with van der Waals surface area (Å²) in [6, 6.07) is 0. The van der Waals surface area contributed by atoms with Gasteiger partial charge in [0.25, 0.3) is 0 Å². The summed E-state index contributed by atoms with van der Waals surface area (Å²) in [7, 11) is -1.22. The van der Waals surface area contributed by atoms with E-state index in [1.54, 1.807) is 0 Å². The smallest absolute Gasteiger partial charge is 0.129 e. The molecule has 0 amide bonds. The Morgan fingerprint density at radius 1 is 1.31 bits per heavy atom. The van der Waals surface area contributed by atoms with Gasteiger partial charge in [0, 0.05) is 6.42 Å². The zero-order chi connectivity index (χ0) is 10.3. The molecule has 13 heavy (non-hydrogen) atoms. The lowest BCUT2D eigenvalue weighted by atomic mass is 10.2. The van der Waals surface area contributed by atoms with Crippen LogP contribution in [0.2, 0.25) is 19.6 Å². The van der Waals surface area contributed by atoms with Gasteiger partial charge in [0.2, 0.25) is 0 Å². The number of hydrogen-bond acceptors (Lipinski definition) is 2. The van der Waals surface area contributed by atoms with Crippen molar-refractivity contribution in [1.29, 1.82) is 0 Å². The van der Waals surface area contributed by atoms with Crippen LogP contribution in [0.25, 0.3) is 0 Å². The maximum Gasteiger partial charge on any atom is 0.129 e. The van der Waals surface area contributed by atoms with Crippen LogP contribution in [0.5, 0.6) is 0 Å². The number of hydrogen-bond donors (Lipinski definition) is 2. The Morgan fingerprint density at radius 3 is 2.38 bits per heavy atom. The molecule has 0 aliphatic rings. The van der Waals surface area contributed by atoms with Crippen LogP contribution in [-0.2, 0) is 0 Å². The molecule has 3 heteroatoms. The normalized spacial score (nSPS) is 13.3. The van der Waals surface area contributed by atoms with Gasteiger partial charge in [-0.25, -0.2) is 0 Å². The van der Waals surface area contributed by atoms with Crippen LogP contribution in [0.4, 0.5) is 0 Å². The van der Waals surface area contributed by atoms with E-state index in [4.69, 9.17) is 10.2 Å². The molecule has 0 aliphatic heterocycles. The molecule has 76 valence electrons.